The number of aromatic amines is 2. The monoisotopic (exact) mass is 385 g/mol. The molecular weight excluding hydrogens is 358 g/mol. The molecule has 0 aliphatic heterocycles. The fourth-order valence-electron chi connectivity index (χ4n) is 3.80. The Morgan fingerprint density at radius 3 is 2.38 bits per heavy atom. The maximum Gasteiger partial charge on any atom is 0.261 e. The van der Waals surface area contributed by atoms with Crippen LogP contribution in [0.25, 0.3) is 33.3 Å². The molecule has 2 heterocycles. The van der Waals surface area contributed by atoms with Crippen LogP contribution in [0.2, 0.25) is 0 Å². The smallest absolute Gasteiger partial charge is 0.261 e. The topological polar surface area (TPSA) is 74.6 Å². The minimum Gasteiger partial charge on any atom is -0.354 e. The number of benzene rings is 2. The van der Waals surface area contributed by atoms with Gasteiger partial charge in [0.1, 0.15) is 5.39 Å². The van der Waals surface area contributed by atoms with Crippen LogP contribution in [-0.4, -0.2) is 4.98 Å². The molecule has 0 aliphatic carbocycles. The average molecular weight is 386 g/mol. The van der Waals surface area contributed by atoms with Gasteiger partial charge in [-0.15, -0.1) is 0 Å². The van der Waals surface area contributed by atoms with Crippen LogP contribution in [0, 0.1) is 5.92 Å². The summed E-state index contributed by atoms with van der Waals surface area (Å²) in [6.07, 6.45) is 2.74. The molecule has 0 saturated carbocycles. The fraction of sp³-hybridized carbons (Fsp3) is 0.200. The van der Waals surface area contributed by atoms with Crippen LogP contribution in [0.1, 0.15) is 25.0 Å². The van der Waals surface area contributed by atoms with Gasteiger partial charge in [-0.05, 0) is 36.1 Å². The zero-order chi connectivity index (χ0) is 20.4. The second-order valence-corrected chi connectivity index (χ2v) is 7.90. The molecule has 4 rings (SSSR count). The molecule has 146 valence electrons. The Morgan fingerprint density at radius 2 is 1.72 bits per heavy atom. The summed E-state index contributed by atoms with van der Waals surface area (Å²) >= 11 is 0. The van der Waals surface area contributed by atoms with Crippen LogP contribution in [-0.2, 0) is 13.0 Å². The molecule has 2 aromatic heterocycles. The second-order valence-electron chi connectivity index (χ2n) is 7.90. The summed E-state index contributed by atoms with van der Waals surface area (Å²) in [7, 11) is 0. The number of fused-ring (bicyclic) bond motifs is 1. The van der Waals surface area contributed by atoms with E-state index in [4.69, 9.17) is 0 Å². The second kappa shape index (κ2) is 8.02. The highest BCUT2D eigenvalue weighted by molar-refractivity contribution is 5.88. The number of quaternary nitrogens is 1. The van der Waals surface area contributed by atoms with Gasteiger partial charge in [0.15, 0.2) is 0 Å². The first-order valence-electron chi connectivity index (χ1n) is 10.1. The van der Waals surface area contributed by atoms with Crippen molar-refractivity contribution < 1.29 is 10.7 Å². The van der Waals surface area contributed by atoms with E-state index in [-0.39, 0.29) is 5.56 Å². The van der Waals surface area contributed by atoms with Crippen LogP contribution < -0.4 is 16.3 Å². The Kier molecular flexibility index (Phi) is 5.28. The summed E-state index contributed by atoms with van der Waals surface area (Å²) in [6, 6.07) is 20.7. The zero-order valence-electron chi connectivity index (χ0n) is 17.0. The van der Waals surface area contributed by atoms with E-state index < -0.39 is 0 Å². The van der Waals surface area contributed by atoms with Crippen molar-refractivity contribution in [1.29, 1.82) is 0 Å². The summed E-state index contributed by atoms with van der Waals surface area (Å²) in [5, 5.41) is 0.695. The molecule has 0 radical (unpaired) electrons. The van der Waals surface area contributed by atoms with Crippen molar-refractivity contribution in [2.45, 2.75) is 26.8 Å². The minimum atomic E-state index is -0.0695. The van der Waals surface area contributed by atoms with Crippen molar-refractivity contribution in [2.75, 3.05) is 0 Å². The van der Waals surface area contributed by atoms with Gasteiger partial charge >= 0.3 is 0 Å². The van der Waals surface area contributed by atoms with E-state index in [1.165, 1.54) is 5.56 Å². The third-order valence-corrected chi connectivity index (χ3v) is 5.26. The highest BCUT2D eigenvalue weighted by atomic mass is 16.1. The van der Waals surface area contributed by atoms with Gasteiger partial charge in [0.2, 0.25) is 11.2 Å². The lowest BCUT2D eigenvalue weighted by Crippen LogP contribution is -2.47. The van der Waals surface area contributed by atoms with Gasteiger partial charge in [0, 0.05) is 22.9 Å². The molecule has 29 heavy (non-hydrogen) atoms. The maximum atomic E-state index is 12.6. The predicted molar refractivity (Wildman–Crippen MR) is 117 cm³/mol. The molecular formula is C25H27N3O+2. The highest BCUT2D eigenvalue weighted by Gasteiger charge is 2.21. The maximum absolute atomic E-state index is 12.6. The van der Waals surface area contributed by atoms with Crippen molar-refractivity contribution in [3.8, 4) is 22.4 Å². The van der Waals surface area contributed by atoms with Crippen molar-refractivity contribution >= 4 is 10.9 Å². The van der Waals surface area contributed by atoms with Gasteiger partial charge < -0.3 is 10.7 Å². The first-order chi connectivity index (χ1) is 14.1. The van der Waals surface area contributed by atoms with E-state index in [1.807, 2.05) is 30.5 Å². The van der Waals surface area contributed by atoms with Gasteiger partial charge in [-0.25, -0.2) is 4.98 Å². The average Bonchev–Trinajstić information content (AvgIpc) is 2.75. The van der Waals surface area contributed by atoms with Gasteiger partial charge in [0.05, 0.1) is 12.1 Å². The van der Waals surface area contributed by atoms with Crippen molar-refractivity contribution in [2.24, 2.45) is 5.92 Å². The van der Waals surface area contributed by atoms with E-state index in [0.717, 1.165) is 46.4 Å². The highest BCUT2D eigenvalue weighted by Crippen LogP contribution is 2.31. The van der Waals surface area contributed by atoms with Crippen LogP contribution in [0.4, 0.5) is 0 Å². The molecule has 0 aliphatic rings. The molecule has 0 unspecified atom stereocenters. The number of pyridine rings is 2. The Bertz CT molecular complexity index is 1190. The number of H-pyrrole nitrogens is 2. The molecule has 0 saturated heterocycles. The summed E-state index contributed by atoms with van der Waals surface area (Å²) in [6.45, 7) is 5.14. The van der Waals surface area contributed by atoms with E-state index >= 15 is 0 Å². The third-order valence-electron chi connectivity index (χ3n) is 5.26. The predicted octanol–water partition coefficient (Wildman–Crippen LogP) is 3.62. The molecule has 0 bridgehead atoms. The largest absolute Gasteiger partial charge is 0.354 e. The Hall–Kier alpha value is -3.24. The summed E-state index contributed by atoms with van der Waals surface area (Å²) in [4.78, 5) is 19.2. The number of hydrogen-bond acceptors (Lipinski definition) is 1. The quantitative estimate of drug-likeness (QED) is 0.541. The van der Waals surface area contributed by atoms with Gasteiger partial charge in [0.25, 0.3) is 5.56 Å². The molecule has 4 nitrogen and oxygen atoms in total. The number of aromatic nitrogens is 2. The van der Waals surface area contributed by atoms with E-state index in [0.29, 0.717) is 11.3 Å². The van der Waals surface area contributed by atoms with Crippen LogP contribution in [0.15, 0.2) is 71.7 Å². The van der Waals surface area contributed by atoms with Crippen molar-refractivity contribution in [3.63, 3.8) is 0 Å². The van der Waals surface area contributed by atoms with Gasteiger partial charge in [-0.3, -0.25) is 4.79 Å². The van der Waals surface area contributed by atoms with E-state index in [9.17, 15) is 4.79 Å². The number of nitrogens with one attached hydrogen (secondary N) is 2. The minimum absolute atomic E-state index is 0.0695. The molecule has 2 aromatic carbocycles. The van der Waals surface area contributed by atoms with E-state index in [1.54, 1.807) is 0 Å². The zero-order valence-corrected chi connectivity index (χ0v) is 17.0. The van der Waals surface area contributed by atoms with Crippen LogP contribution >= 0.6 is 0 Å². The lowest BCUT2D eigenvalue weighted by atomic mass is 9.95. The lowest BCUT2D eigenvalue weighted by molar-refractivity contribution is -0.386. The standard InChI is InChI=1S/C25H25N3O/c1-16(2)12-20-15-27-25(29)22-13-21(18-6-4-3-5-7-18)23(28-24(20)22)19-10-8-17(14-26)9-11-19/h3-11,13,15-16H,12,14,26H2,1-2H3,(H,27,29)/p+2. The Balaban J connectivity index is 2.03. The fourth-order valence-corrected chi connectivity index (χ4v) is 3.80. The van der Waals surface area contributed by atoms with E-state index in [2.05, 4.69) is 65.9 Å². The molecule has 0 spiro atoms. The summed E-state index contributed by atoms with van der Waals surface area (Å²) in [5.74, 6) is 0.492. The van der Waals surface area contributed by atoms with Gasteiger partial charge in [-0.1, -0.05) is 56.3 Å². The SMILES string of the molecule is CC(C)Cc1c[nH]c(=O)c2cc(-c3ccccc3)c(-c3ccc(C[NH3+])cc3)[nH+]c12. The van der Waals surface area contributed by atoms with Crippen LogP contribution in [0.5, 0.6) is 0 Å². The molecule has 0 fully saturated rings. The molecule has 4 heteroatoms. The first kappa shape index (κ1) is 19.1. The lowest BCUT2D eigenvalue weighted by Gasteiger charge is -2.10. The molecule has 4 aromatic rings. The van der Waals surface area contributed by atoms with Crippen molar-refractivity contribution in [3.05, 3.63) is 88.3 Å². The summed E-state index contributed by atoms with van der Waals surface area (Å²) in [5.41, 5.74) is 11.4. The molecule has 5 N–H and O–H groups in total. The number of rotatable bonds is 5. The van der Waals surface area contributed by atoms with Crippen LogP contribution in [0.3, 0.4) is 0 Å². The normalized spacial score (nSPS) is 11.3. The molecule has 0 atom stereocenters. The Labute approximate surface area is 170 Å². The summed E-state index contributed by atoms with van der Waals surface area (Å²) < 4.78 is 0. The Morgan fingerprint density at radius 1 is 1.00 bits per heavy atom. The van der Waals surface area contributed by atoms with Crippen molar-refractivity contribution in [1.82, 2.24) is 4.98 Å². The molecule has 0 amide bonds. The number of hydrogen-bond donors (Lipinski definition) is 2. The van der Waals surface area contributed by atoms with Gasteiger partial charge in [-0.2, -0.15) is 0 Å². The third kappa shape index (κ3) is 3.84. The first-order valence-corrected chi connectivity index (χ1v) is 10.1.